The Hall–Kier alpha value is -2.07. The summed E-state index contributed by atoms with van der Waals surface area (Å²) in [6, 6.07) is 14.5. The van der Waals surface area contributed by atoms with Gasteiger partial charge >= 0.3 is 0 Å². The number of nitrogens with zero attached hydrogens (tertiary/aromatic N) is 2. The fourth-order valence-electron chi connectivity index (χ4n) is 2.53. The van der Waals surface area contributed by atoms with E-state index >= 15 is 0 Å². The highest BCUT2D eigenvalue weighted by Gasteiger charge is 2.21. The van der Waals surface area contributed by atoms with Crippen LogP contribution in [0.15, 0.2) is 42.5 Å². The van der Waals surface area contributed by atoms with Crippen LogP contribution in [0.25, 0.3) is 10.2 Å². The number of nitrogens with two attached hydrogens (primary N) is 1. The van der Waals surface area contributed by atoms with E-state index in [4.69, 9.17) is 10.7 Å². The molecular formula is C15H13N3S. The molecule has 0 bridgehead atoms. The third-order valence-electron chi connectivity index (χ3n) is 3.51. The molecule has 3 nitrogen and oxygen atoms in total. The third-order valence-corrected chi connectivity index (χ3v) is 4.59. The summed E-state index contributed by atoms with van der Waals surface area (Å²) in [5.41, 5.74) is 10.5. The van der Waals surface area contributed by atoms with Crippen molar-refractivity contribution in [2.45, 2.75) is 13.1 Å². The zero-order valence-electron chi connectivity index (χ0n) is 10.3. The van der Waals surface area contributed by atoms with Crippen molar-refractivity contribution in [3.8, 4) is 0 Å². The first-order valence-corrected chi connectivity index (χ1v) is 7.09. The Labute approximate surface area is 115 Å². The van der Waals surface area contributed by atoms with Crippen LogP contribution in [0.3, 0.4) is 0 Å². The van der Waals surface area contributed by atoms with Crippen LogP contribution in [-0.2, 0) is 13.1 Å². The minimum Gasteiger partial charge on any atom is -0.399 e. The number of hydrogen-bond donors (Lipinski definition) is 1. The molecule has 0 amide bonds. The predicted octanol–water partition coefficient (Wildman–Crippen LogP) is 3.40. The highest BCUT2D eigenvalue weighted by Crippen LogP contribution is 2.34. The fraction of sp³-hybridized carbons (Fsp3) is 0.133. The van der Waals surface area contributed by atoms with E-state index in [9.17, 15) is 0 Å². The van der Waals surface area contributed by atoms with E-state index < -0.39 is 0 Å². The summed E-state index contributed by atoms with van der Waals surface area (Å²) in [7, 11) is 0. The van der Waals surface area contributed by atoms with Crippen LogP contribution in [0, 0.1) is 0 Å². The van der Waals surface area contributed by atoms with E-state index in [1.54, 1.807) is 11.3 Å². The Morgan fingerprint density at radius 3 is 2.53 bits per heavy atom. The molecule has 3 aromatic rings. The molecule has 2 aromatic carbocycles. The van der Waals surface area contributed by atoms with Crippen LogP contribution < -0.4 is 10.6 Å². The Morgan fingerprint density at radius 1 is 1.05 bits per heavy atom. The Kier molecular flexibility index (Phi) is 2.26. The Bertz CT molecular complexity index is 738. The van der Waals surface area contributed by atoms with Gasteiger partial charge in [0.05, 0.1) is 10.2 Å². The van der Waals surface area contributed by atoms with Crippen molar-refractivity contribution in [3.05, 3.63) is 53.6 Å². The average molecular weight is 267 g/mol. The molecule has 1 aliphatic rings. The SMILES string of the molecule is Nc1ccc2nc(N3Cc4ccccc4C3)sc2c1. The highest BCUT2D eigenvalue weighted by atomic mass is 32.1. The van der Waals surface area contributed by atoms with E-state index in [0.29, 0.717) is 0 Å². The number of thiazole rings is 1. The largest absolute Gasteiger partial charge is 0.399 e. The summed E-state index contributed by atoms with van der Waals surface area (Å²) in [4.78, 5) is 7.03. The maximum atomic E-state index is 5.82. The van der Waals surface area contributed by atoms with Gasteiger partial charge in [0.25, 0.3) is 0 Å². The van der Waals surface area contributed by atoms with Crippen molar-refractivity contribution in [1.82, 2.24) is 4.98 Å². The molecule has 4 heteroatoms. The lowest BCUT2D eigenvalue weighted by atomic mass is 10.1. The number of aromatic nitrogens is 1. The molecule has 1 aliphatic heterocycles. The average Bonchev–Trinajstić information content (AvgIpc) is 3.00. The van der Waals surface area contributed by atoms with E-state index in [-0.39, 0.29) is 0 Å². The summed E-state index contributed by atoms with van der Waals surface area (Å²) in [6.45, 7) is 1.90. The number of rotatable bonds is 1. The molecule has 0 spiro atoms. The van der Waals surface area contributed by atoms with Gasteiger partial charge < -0.3 is 10.6 Å². The second-order valence-electron chi connectivity index (χ2n) is 4.85. The standard InChI is InChI=1S/C15H13N3S/c16-12-5-6-13-14(7-12)19-15(17-13)18-8-10-3-1-2-4-11(10)9-18/h1-7H,8-9,16H2. The maximum Gasteiger partial charge on any atom is 0.187 e. The molecule has 1 aromatic heterocycles. The second kappa shape index (κ2) is 3.96. The number of anilines is 2. The molecule has 4 rings (SSSR count). The van der Waals surface area contributed by atoms with Gasteiger partial charge in [0.1, 0.15) is 0 Å². The molecule has 0 atom stereocenters. The van der Waals surface area contributed by atoms with Gasteiger partial charge in [-0.25, -0.2) is 4.98 Å². The molecule has 19 heavy (non-hydrogen) atoms. The summed E-state index contributed by atoms with van der Waals surface area (Å²) in [5, 5.41) is 1.08. The van der Waals surface area contributed by atoms with Crippen LogP contribution >= 0.6 is 11.3 Å². The Morgan fingerprint density at radius 2 is 1.79 bits per heavy atom. The van der Waals surface area contributed by atoms with Crippen molar-refractivity contribution >= 4 is 32.4 Å². The van der Waals surface area contributed by atoms with E-state index in [0.717, 1.165) is 34.1 Å². The quantitative estimate of drug-likeness (QED) is 0.687. The van der Waals surface area contributed by atoms with E-state index in [1.165, 1.54) is 11.1 Å². The minimum absolute atomic E-state index is 0.799. The smallest absolute Gasteiger partial charge is 0.187 e. The third kappa shape index (κ3) is 1.76. The molecular weight excluding hydrogens is 254 g/mol. The zero-order chi connectivity index (χ0) is 12.8. The molecule has 0 aliphatic carbocycles. The Balaban J connectivity index is 1.73. The highest BCUT2D eigenvalue weighted by molar-refractivity contribution is 7.22. The summed E-state index contributed by atoms with van der Waals surface area (Å²) >= 11 is 1.71. The van der Waals surface area contributed by atoms with Crippen LogP contribution in [0.4, 0.5) is 10.8 Å². The monoisotopic (exact) mass is 267 g/mol. The van der Waals surface area contributed by atoms with Gasteiger partial charge in [-0.1, -0.05) is 35.6 Å². The molecule has 94 valence electrons. The second-order valence-corrected chi connectivity index (χ2v) is 5.86. The van der Waals surface area contributed by atoms with Gasteiger partial charge in [0.15, 0.2) is 5.13 Å². The van der Waals surface area contributed by atoms with Gasteiger partial charge in [0, 0.05) is 18.8 Å². The number of benzene rings is 2. The van der Waals surface area contributed by atoms with Crippen LogP contribution in [0.5, 0.6) is 0 Å². The van der Waals surface area contributed by atoms with Crippen LogP contribution in [0.1, 0.15) is 11.1 Å². The molecule has 0 saturated heterocycles. The molecule has 0 saturated carbocycles. The lowest BCUT2D eigenvalue weighted by Gasteiger charge is -2.12. The van der Waals surface area contributed by atoms with Gasteiger partial charge in [-0.3, -0.25) is 0 Å². The van der Waals surface area contributed by atoms with Crippen molar-refractivity contribution in [2.24, 2.45) is 0 Å². The molecule has 0 unspecified atom stereocenters. The zero-order valence-corrected chi connectivity index (χ0v) is 11.2. The normalized spacial score (nSPS) is 14.0. The van der Waals surface area contributed by atoms with Gasteiger partial charge in [-0.15, -0.1) is 0 Å². The summed E-state index contributed by atoms with van der Waals surface area (Å²) in [5.74, 6) is 0. The number of hydrogen-bond acceptors (Lipinski definition) is 4. The summed E-state index contributed by atoms with van der Waals surface area (Å²) < 4.78 is 1.16. The summed E-state index contributed by atoms with van der Waals surface area (Å²) in [6.07, 6.45) is 0. The lowest BCUT2D eigenvalue weighted by molar-refractivity contribution is 0.875. The van der Waals surface area contributed by atoms with Crippen LogP contribution in [-0.4, -0.2) is 4.98 Å². The molecule has 2 N–H and O–H groups in total. The fourth-order valence-corrected chi connectivity index (χ4v) is 3.54. The van der Waals surface area contributed by atoms with Gasteiger partial charge in [-0.2, -0.15) is 0 Å². The molecule has 2 heterocycles. The maximum absolute atomic E-state index is 5.82. The first-order chi connectivity index (χ1) is 9.29. The first-order valence-electron chi connectivity index (χ1n) is 6.27. The number of nitrogen functional groups attached to an aromatic ring is 1. The molecule has 0 fully saturated rings. The van der Waals surface area contributed by atoms with Crippen molar-refractivity contribution in [3.63, 3.8) is 0 Å². The predicted molar refractivity (Wildman–Crippen MR) is 80.4 cm³/mol. The molecule has 0 radical (unpaired) electrons. The van der Waals surface area contributed by atoms with Gasteiger partial charge in [0.2, 0.25) is 0 Å². The van der Waals surface area contributed by atoms with Crippen molar-refractivity contribution < 1.29 is 0 Å². The van der Waals surface area contributed by atoms with Gasteiger partial charge in [-0.05, 0) is 29.3 Å². The van der Waals surface area contributed by atoms with Crippen molar-refractivity contribution in [2.75, 3.05) is 10.6 Å². The first kappa shape index (κ1) is 10.8. The van der Waals surface area contributed by atoms with E-state index in [1.807, 2.05) is 18.2 Å². The minimum atomic E-state index is 0.799. The topological polar surface area (TPSA) is 42.1 Å². The number of fused-ring (bicyclic) bond motifs is 2. The van der Waals surface area contributed by atoms with E-state index in [2.05, 4.69) is 29.2 Å². The van der Waals surface area contributed by atoms with Crippen molar-refractivity contribution in [1.29, 1.82) is 0 Å². The van der Waals surface area contributed by atoms with Crippen LogP contribution in [0.2, 0.25) is 0 Å². The lowest BCUT2D eigenvalue weighted by Crippen LogP contribution is -2.13.